The van der Waals surface area contributed by atoms with Crippen LogP contribution in [0.1, 0.15) is 66.6 Å². The van der Waals surface area contributed by atoms with E-state index in [2.05, 4.69) is 31.0 Å². The normalized spacial score (nSPS) is 24.5. The molecule has 0 aromatic carbocycles. The maximum absolute atomic E-state index is 12.3. The van der Waals surface area contributed by atoms with Gasteiger partial charge in [0.2, 0.25) is 5.16 Å². The van der Waals surface area contributed by atoms with Crippen molar-refractivity contribution in [1.29, 1.82) is 0 Å². The van der Waals surface area contributed by atoms with Gasteiger partial charge >= 0.3 is 5.97 Å². The van der Waals surface area contributed by atoms with Crippen LogP contribution in [0.25, 0.3) is 0 Å². The topological polar surface area (TPSA) is 83.0 Å². The number of nitrogens with zero attached hydrogens (tertiary/aromatic N) is 3. The highest BCUT2D eigenvalue weighted by Gasteiger charge is 2.33. The molecule has 0 spiro atoms. The van der Waals surface area contributed by atoms with Crippen molar-refractivity contribution in [2.45, 2.75) is 77.5 Å². The second kappa shape index (κ2) is 7.98. The number of nitrogen functional groups attached to an aromatic ring is 1. The molecular formula is C18H32N4O2S. The fourth-order valence-corrected chi connectivity index (χ4v) is 4.10. The Balaban J connectivity index is 1.93. The minimum Gasteiger partial charge on any atom is -0.461 e. The first kappa shape index (κ1) is 20.1. The first-order valence-electron chi connectivity index (χ1n) is 9.12. The average Bonchev–Trinajstić information content (AvgIpc) is 2.86. The molecular weight excluding hydrogens is 336 g/mol. The van der Waals surface area contributed by atoms with Crippen LogP contribution in [0.3, 0.4) is 0 Å². The van der Waals surface area contributed by atoms with Gasteiger partial charge in [0.05, 0.1) is 5.75 Å². The van der Waals surface area contributed by atoms with Gasteiger partial charge in [-0.25, -0.2) is 4.68 Å². The Bertz CT molecular complexity index is 594. The zero-order chi connectivity index (χ0) is 18.8. The van der Waals surface area contributed by atoms with Crippen LogP contribution in [-0.4, -0.2) is 32.7 Å². The van der Waals surface area contributed by atoms with Crippen molar-refractivity contribution in [1.82, 2.24) is 14.9 Å². The molecule has 2 rings (SSSR count). The summed E-state index contributed by atoms with van der Waals surface area (Å²) in [5.74, 6) is 8.36. The molecule has 0 bridgehead atoms. The minimum absolute atomic E-state index is 0.0257. The highest BCUT2D eigenvalue weighted by Crippen LogP contribution is 2.35. The van der Waals surface area contributed by atoms with Gasteiger partial charge in [-0.2, -0.15) is 0 Å². The number of hydrogen-bond donors (Lipinski definition) is 1. The third-order valence-electron chi connectivity index (χ3n) is 4.90. The van der Waals surface area contributed by atoms with Crippen LogP contribution in [0.5, 0.6) is 0 Å². The Labute approximate surface area is 155 Å². The second-order valence-corrected chi connectivity index (χ2v) is 9.51. The molecule has 142 valence electrons. The Morgan fingerprint density at radius 3 is 2.60 bits per heavy atom. The maximum Gasteiger partial charge on any atom is 0.316 e. The molecule has 0 saturated heterocycles. The molecule has 6 nitrogen and oxygen atoms in total. The highest BCUT2D eigenvalue weighted by atomic mass is 32.2. The lowest BCUT2D eigenvalue weighted by Gasteiger charge is -2.36. The summed E-state index contributed by atoms with van der Waals surface area (Å²) in [6.07, 6.45) is 3.34. The molecule has 1 fully saturated rings. The quantitative estimate of drug-likeness (QED) is 0.487. The van der Waals surface area contributed by atoms with Gasteiger partial charge in [0, 0.05) is 5.41 Å². The van der Waals surface area contributed by atoms with Gasteiger partial charge in [-0.1, -0.05) is 59.7 Å². The van der Waals surface area contributed by atoms with E-state index in [1.807, 2.05) is 20.8 Å². The van der Waals surface area contributed by atoms with E-state index >= 15 is 0 Å². The number of thioether (sulfide) groups is 1. The van der Waals surface area contributed by atoms with Crippen molar-refractivity contribution in [2.75, 3.05) is 11.6 Å². The summed E-state index contributed by atoms with van der Waals surface area (Å²) >= 11 is 1.28. The summed E-state index contributed by atoms with van der Waals surface area (Å²) in [6, 6.07) is 0. The van der Waals surface area contributed by atoms with Crippen LogP contribution in [0.15, 0.2) is 5.16 Å². The van der Waals surface area contributed by atoms with Gasteiger partial charge in [0.15, 0.2) is 5.82 Å². The van der Waals surface area contributed by atoms with Crippen LogP contribution in [0.4, 0.5) is 0 Å². The van der Waals surface area contributed by atoms with Gasteiger partial charge in [0.25, 0.3) is 0 Å². The van der Waals surface area contributed by atoms with Crippen LogP contribution in [0, 0.1) is 17.8 Å². The van der Waals surface area contributed by atoms with Crippen LogP contribution >= 0.6 is 11.8 Å². The largest absolute Gasteiger partial charge is 0.461 e. The zero-order valence-electron chi connectivity index (χ0n) is 16.3. The lowest BCUT2D eigenvalue weighted by atomic mass is 9.75. The molecule has 0 amide bonds. The lowest BCUT2D eigenvalue weighted by Crippen LogP contribution is -2.36. The smallest absolute Gasteiger partial charge is 0.316 e. The molecule has 0 radical (unpaired) electrons. The van der Waals surface area contributed by atoms with Crippen molar-refractivity contribution in [2.24, 2.45) is 17.8 Å². The molecule has 7 heteroatoms. The Morgan fingerprint density at radius 1 is 1.36 bits per heavy atom. The number of carbonyl (C=O) groups excluding carboxylic acids is 1. The Morgan fingerprint density at radius 2 is 2.04 bits per heavy atom. The summed E-state index contributed by atoms with van der Waals surface area (Å²) in [5, 5.41) is 8.78. The molecule has 1 aliphatic carbocycles. The third kappa shape index (κ3) is 5.12. The van der Waals surface area contributed by atoms with Crippen molar-refractivity contribution in [3.63, 3.8) is 0 Å². The number of ether oxygens (including phenoxy) is 1. The monoisotopic (exact) mass is 368 g/mol. The van der Waals surface area contributed by atoms with E-state index in [9.17, 15) is 4.79 Å². The molecule has 2 N–H and O–H groups in total. The number of esters is 1. The summed E-state index contributed by atoms with van der Waals surface area (Å²) < 4.78 is 7.28. The van der Waals surface area contributed by atoms with E-state index in [1.165, 1.54) is 22.9 Å². The van der Waals surface area contributed by atoms with Gasteiger partial charge in [0.1, 0.15) is 6.10 Å². The van der Waals surface area contributed by atoms with Crippen molar-refractivity contribution >= 4 is 17.7 Å². The number of hydrogen-bond acceptors (Lipinski definition) is 6. The van der Waals surface area contributed by atoms with E-state index in [0.29, 0.717) is 28.7 Å². The third-order valence-corrected chi connectivity index (χ3v) is 5.82. The average molecular weight is 369 g/mol. The summed E-state index contributed by atoms with van der Waals surface area (Å²) in [5.41, 5.74) is -0.191. The highest BCUT2D eigenvalue weighted by molar-refractivity contribution is 7.99. The first-order chi connectivity index (χ1) is 11.6. The first-order valence-corrected chi connectivity index (χ1v) is 10.1. The lowest BCUT2D eigenvalue weighted by molar-refractivity contribution is -0.152. The molecule has 1 heterocycles. The molecule has 1 aromatic rings. The molecule has 3 atom stereocenters. The van der Waals surface area contributed by atoms with Gasteiger partial charge in [-0.15, -0.1) is 10.2 Å². The van der Waals surface area contributed by atoms with Gasteiger partial charge in [-0.3, -0.25) is 4.79 Å². The van der Waals surface area contributed by atoms with Crippen molar-refractivity contribution in [3.8, 4) is 0 Å². The molecule has 1 aromatic heterocycles. The van der Waals surface area contributed by atoms with Crippen molar-refractivity contribution < 1.29 is 9.53 Å². The van der Waals surface area contributed by atoms with E-state index in [0.717, 1.165) is 12.8 Å². The van der Waals surface area contributed by atoms with E-state index in [-0.39, 0.29) is 23.2 Å². The number of carbonyl (C=O) groups is 1. The van der Waals surface area contributed by atoms with E-state index < -0.39 is 0 Å². The molecule has 3 unspecified atom stereocenters. The Kier molecular flexibility index (Phi) is 6.40. The zero-order valence-corrected chi connectivity index (χ0v) is 17.1. The number of rotatable bonds is 5. The minimum atomic E-state index is -0.199. The van der Waals surface area contributed by atoms with Crippen LogP contribution in [-0.2, 0) is 14.9 Å². The van der Waals surface area contributed by atoms with E-state index in [1.54, 1.807) is 0 Å². The predicted molar refractivity (Wildman–Crippen MR) is 101 cm³/mol. The maximum atomic E-state index is 12.3. The summed E-state index contributed by atoms with van der Waals surface area (Å²) in [7, 11) is 0. The Hall–Kier alpha value is -1.24. The van der Waals surface area contributed by atoms with Crippen LogP contribution < -0.4 is 5.84 Å². The van der Waals surface area contributed by atoms with Gasteiger partial charge in [-0.05, 0) is 30.6 Å². The van der Waals surface area contributed by atoms with Gasteiger partial charge < -0.3 is 10.6 Å². The fourth-order valence-electron chi connectivity index (χ4n) is 3.46. The molecule has 25 heavy (non-hydrogen) atoms. The standard InChI is InChI=1S/C18H32N4O2S/c1-11(2)13-8-7-12(3)9-14(13)24-15(23)10-25-17-21-20-16(22(17)19)18(4,5)6/h11-14H,7-10,19H2,1-6H3. The number of nitrogens with two attached hydrogens (primary N) is 1. The predicted octanol–water partition coefficient (Wildman–Crippen LogP) is 3.39. The molecule has 0 aliphatic heterocycles. The van der Waals surface area contributed by atoms with E-state index in [4.69, 9.17) is 10.6 Å². The van der Waals surface area contributed by atoms with Crippen molar-refractivity contribution in [3.05, 3.63) is 5.82 Å². The van der Waals surface area contributed by atoms with Crippen LogP contribution in [0.2, 0.25) is 0 Å². The summed E-state index contributed by atoms with van der Waals surface area (Å²) in [4.78, 5) is 12.3. The SMILES string of the molecule is CC1CCC(C(C)C)C(OC(=O)CSc2nnc(C(C)(C)C)n2N)C1. The number of aromatic nitrogens is 3. The summed E-state index contributed by atoms with van der Waals surface area (Å²) in [6.45, 7) is 12.7. The molecule has 1 aliphatic rings. The molecule has 1 saturated carbocycles. The second-order valence-electron chi connectivity index (χ2n) is 8.57. The fraction of sp³-hybridized carbons (Fsp3) is 0.833.